The van der Waals surface area contributed by atoms with Gasteiger partial charge in [-0.15, -0.1) is 0 Å². The fraction of sp³-hybridized carbons (Fsp3) is 0.462. The number of nitrogens with zero attached hydrogens (tertiary/aromatic N) is 2. The van der Waals surface area contributed by atoms with E-state index in [-0.39, 0.29) is 17.9 Å². The first-order valence-corrected chi connectivity index (χ1v) is 8.41. The lowest BCUT2D eigenvalue weighted by Crippen LogP contribution is -2.33. The van der Waals surface area contributed by atoms with E-state index < -0.39 is 10.0 Å². The van der Waals surface area contributed by atoms with Gasteiger partial charge in [-0.05, 0) is 24.6 Å². The second-order valence-corrected chi connectivity index (χ2v) is 6.93. The summed E-state index contributed by atoms with van der Waals surface area (Å²) in [6.45, 7) is 2.45. The number of hydrogen-bond acceptors (Lipinski definition) is 4. The average Bonchev–Trinajstić information content (AvgIpc) is 2.43. The van der Waals surface area contributed by atoms with Crippen LogP contribution < -0.4 is 4.74 Å². The first kappa shape index (κ1) is 17.0. The first-order valence-electron chi connectivity index (χ1n) is 6.18. The molecule has 0 heterocycles. The van der Waals surface area contributed by atoms with Crippen LogP contribution in [0, 0.1) is 11.3 Å². The topological polar surface area (TPSA) is 70.4 Å². The number of halogens is 1. The molecule has 0 radical (unpaired) electrons. The Balaban J connectivity index is 3.25. The van der Waals surface area contributed by atoms with Crippen molar-refractivity contribution < 1.29 is 13.2 Å². The number of rotatable bonds is 7. The fourth-order valence-electron chi connectivity index (χ4n) is 1.77. The number of sulfonamides is 1. The summed E-state index contributed by atoms with van der Waals surface area (Å²) in [5.74, 6) is 0.297. The van der Waals surface area contributed by atoms with E-state index in [0.29, 0.717) is 23.2 Å². The molecule has 0 aliphatic heterocycles. The zero-order valence-corrected chi connectivity index (χ0v) is 13.9. The van der Waals surface area contributed by atoms with E-state index in [1.165, 1.54) is 17.5 Å². The Kier molecular flexibility index (Phi) is 6.46. The highest BCUT2D eigenvalue weighted by Gasteiger charge is 2.27. The van der Waals surface area contributed by atoms with Gasteiger partial charge in [0.05, 0.1) is 13.2 Å². The van der Waals surface area contributed by atoms with Crippen molar-refractivity contribution in [3.63, 3.8) is 0 Å². The van der Waals surface area contributed by atoms with Gasteiger partial charge in [-0.1, -0.05) is 22.9 Å². The van der Waals surface area contributed by atoms with Crippen molar-refractivity contribution >= 4 is 26.0 Å². The van der Waals surface area contributed by atoms with Crippen LogP contribution in [0.5, 0.6) is 5.75 Å². The summed E-state index contributed by atoms with van der Waals surface area (Å²) in [4.78, 5) is 0.112. The molecule has 0 amide bonds. The van der Waals surface area contributed by atoms with Crippen LogP contribution in [0.25, 0.3) is 0 Å². The maximum absolute atomic E-state index is 12.7. The van der Waals surface area contributed by atoms with Crippen molar-refractivity contribution in [1.82, 2.24) is 4.31 Å². The van der Waals surface area contributed by atoms with Gasteiger partial charge in [-0.2, -0.15) is 9.57 Å². The molecule has 0 aliphatic rings. The van der Waals surface area contributed by atoms with Crippen LogP contribution in [0.4, 0.5) is 0 Å². The van der Waals surface area contributed by atoms with Crippen LogP contribution in [0.2, 0.25) is 0 Å². The molecular weight excluding hydrogens is 344 g/mol. The maximum Gasteiger partial charge on any atom is 0.246 e. The Morgan fingerprint density at radius 2 is 2.10 bits per heavy atom. The number of ether oxygens (including phenoxy) is 1. The quantitative estimate of drug-likeness (QED) is 0.749. The van der Waals surface area contributed by atoms with Gasteiger partial charge < -0.3 is 4.74 Å². The second kappa shape index (κ2) is 7.62. The van der Waals surface area contributed by atoms with Crippen LogP contribution in [0.15, 0.2) is 27.6 Å². The van der Waals surface area contributed by atoms with E-state index in [9.17, 15) is 8.42 Å². The summed E-state index contributed by atoms with van der Waals surface area (Å²) in [5, 5.41) is 8.66. The number of nitriles is 1. The monoisotopic (exact) mass is 360 g/mol. The first-order chi connectivity index (χ1) is 9.47. The minimum atomic E-state index is -3.67. The van der Waals surface area contributed by atoms with Crippen molar-refractivity contribution in [3.05, 3.63) is 22.7 Å². The van der Waals surface area contributed by atoms with E-state index in [1.54, 1.807) is 12.1 Å². The Hall–Kier alpha value is -1.10. The molecule has 0 unspecified atom stereocenters. The Bertz CT molecular complexity index is 596. The molecule has 0 atom stereocenters. The van der Waals surface area contributed by atoms with Gasteiger partial charge >= 0.3 is 0 Å². The predicted molar refractivity (Wildman–Crippen MR) is 80.0 cm³/mol. The smallest absolute Gasteiger partial charge is 0.246 e. The van der Waals surface area contributed by atoms with Gasteiger partial charge in [0.15, 0.2) is 0 Å². The molecule has 1 aromatic carbocycles. The van der Waals surface area contributed by atoms with E-state index in [1.807, 2.05) is 13.0 Å². The molecule has 0 saturated carbocycles. The summed E-state index contributed by atoms with van der Waals surface area (Å²) in [6.07, 6.45) is 0.844. The molecule has 0 aromatic heterocycles. The maximum atomic E-state index is 12.7. The minimum absolute atomic E-state index is 0.112. The highest BCUT2D eigenvalue weighted by molar-refractivity contribution is 9.10. The minimum Gasteiger partial charge on any atom is -0.495 e. The standard InChI is InChI=1S/C13H17BrN2O3S/c1-3-8-16(9-4-7-15)20(17,18)13-10-11(14)5-6-12(13)19-2/h5-6,10H,3-4,8-9H2,1-2H3. The fourth-order valence-corrected chi connectivity index (χ4v) is 3.99. The molecule has 20 heavy (non-hydrogen) atoms. The van der Waals surface area contributed by atoms with Crippen molar-refractivity contribution in [3.8, 4) is 11.8 Å². The molecule has 1 rings (SSSR count). The van der Waals surface area contributed by atoms with E-state index in [4.69, 9.17) is 10.00 Å². The van der Waals surface area contributed by atoms with E-state index >= 15 is 0 Å². The summed E-state index contributed by atoms with van der Waals surface area (Å²) in [5.41, 5.74) is 0. The Morgan fingerprint density at radius 1 is 1.40 bits per heavy atom. The third kappa shape index (κ3) is 3.95. The number of benzene rings is 1. The Morgan fingerprint density at radius 3 is 2.65 bits per heavy atom. The zero-order valence-electron chi connectivity index (χ0n) is 11.5. The van der Waals surface area contributed by atoms with Gasteiger partial charge in [0.25, 0.3) is 0 Å². The molecule has 0 bridgehead atoms. The molecular formula is C13H17BrN2O3S. The summed E-state index contributed by atoms with van der Waals surface area (Å²) >= 11 is 3.27. The summed E-state index contributed by atoms with van der Waals surface area (Å²) < 4.78 is 32.5. The van der Waals surface area contributed by atoms with Crippen molar-refractivity contribution in [2.45, 2.75) is 24.7 Å². The van der Waals surface area contributed by atoms with Crippen LogP contribution >= 0.6 is 15.9 Å². The molecule has 0 fully saturated rings. The van der Waals surface area contributed by atoms with Crippen LogP contribution in [-0.2, 0) is 10.0 Å². The number of hydrogen-bond donors (Lipinski definition) is 0. The highest BCUT2D eigenvalue weighted by atomic mass is 79.9. The third-order valence-electron chi connectivity index (χ3n) is 2.69. The molecule has 110 valence electrons. The predicted octanol–water partition coefficient (Wildman–Crippen LogP) is 2.77. The van der Waals surface area contributed by atoms with Gasteiger partial charge in [0.1, 0.15) is 10.6 Å². The van der Waals surface area contributed by atoms with E-state index in [0.717, 1.165) is 0 Å². The van der Waals surface area contributed by atoms with Crippen molar-refractivity contribution in [2.75, 3.05) is 20.2 Å². The van der Waals surface area contributed by atoms with Crippen LogP contribution in [0.3, 0.4) is 0 Å². The molecule has 0 spiro atoms. The normalized spacial score (nSPS) is 11.3. The van der Waals surface area contributed by atoms with Gasteiger partial charge in [-0.25, -0.2) is 8.42 Å². The average molecular weight is 361 g/mol. The molecule has 5 nitrogen and oxygen atoms in total. The second-order valence-electron chi connectivity index (χ2n) is 4.11. The SMILES string of the molecule is CCCN(CCC#N)S(=O)(=O)c1cc(Br)ccc1OC. The molecule has 0 N–H and O–H groups in total. The van der Waals surface area contributed by atoms with Crippen molar-refractivity contribution in [2.24, 2.45) is 0 Å². The van der Waals surface area contributed by atoms with Crippen LogP contribution in [-0.4, -0.2) is 32.9 Å². The lowest BCUT2D eigenvalue weighted by Gasteiger charge is -2.21. The van der Waals surface area contributed by atoms with Crippen LogP contribution in [0.1, 0.15) is 19.8 Å². The third-order valence-corrected chi connectivity index (χ3v) is 5.10. The zero-order chi connectivity index (χ0) is 15.2. The van der Waals surface area contributed by atoms with E-state index in [2.05, 4.69) is 15.9 Å². The largest absolute Gasteiger partial charge is 0.495 e. The van der Waals surface area contributed by atoms with Gasteiger partial charge in [0, 0.05) is 24.0 Å². The summed E-state index contributed by atoms with van der Waals surface area (Å²) in [6, 6.07) is 6.81. The van der Waals surface area contributed by atoms with Gasteiger partial charge in [-0.3, -0.25) is 0 Å². The highest BCUT2D eigenvalue weighted by Crippen LogP contribution is 2.29. The molecule has 1 aromatic rings. The lowest BCUT2D eigenvalue weighted by molar-refractivity contribution is 0.390. The van der Waals surface area contributed by atoms with Crippen molar-refractivity contribution in [1.29, 1.82) is 5.26 Å². The molecule has 0 aliphatic carbocycles. The lowest BCUT2D eigenvalue weighted by atomic mass is 10.3. The molecule has 7 heteroatoms. The molecule has 0 saturated heterocycles. The van der Waals surface area contributed by atoms with Gasteiger partial charge in [0.2, 0.25) is 10.0 Å². The number of methoxy groups -OCH3 is 1. The summed E-state index contributed by atoms with van der Waals surface area (Å²) in [7, 11) is -2.24. The Labute approximate surface area is 128 Å².